The maximum Gasteiger partial charge on any atom is 0.200 e. The minimum Gasteiger partial charge on any atom is -0.396 e. The summed E-state index contributed by atoms with van der Waals surface area (Å²) >= 11 is 3.19. The summed E-state index contributed by atoms with van der Waals surface area (Å²) in [6.07, 6.45) is 0.309. The van der Waals surface area contributed by atoms with Crippen LogP contribution in [0.25, 0.3) is 11.2 Å². The van der Waals surface area contributed by atoms with Gasteiger partial charge in [-0.2, -0.15) is 0 Å². The molecule has 0 aromatic carbocycles. The number of fused-ring (bicyclic) bond motifs is 2. The predicted molar refractivity (Wildman–Crippen MR) is 76.1 cm³/mol. The van der Waals surface area contributed by atoms with Crippen molar-refractivity contribution in [2.45, 2.75) is 24.7 Å². The van der Waals surface area contributed by atoms with Gasteiger partial charge in [0.05, 0.1) is 25.1 Å². The zero-order valence-electron chi connectivity index (χ0n) is 10.9. The van der Waals surface area contributed by atoms with Crippen molar-refractivity contribution in [3.8, 4) is 0 Å². The fourth-order valence-corrected chi connectivity index (χ4v) is 4.04. The van der Waals surface area contributed by atoms with Gasteiger partial charge in [0.1, 0.15) is 11.6 Å². The number of rotatable bonds is 2. The van der Waals surface area contributed by atoms with Gasteiger partial charge in [-0.05, 0) is 28.3 Å². The first-order valence-corrected chi connectivity index (χ1v) is 7.41. The lowest BCUT2D eigenvalue weighted by molar-refractivity contribution is -0.0300. The Kier molecular flexibility index (Phi) is 2.63. The highest BCUT2D eigenvalue weighted by Gasteiger charge is 2.71. The van der Waals surface area contributed by atoms with E-state index in [4.69, 9.17) is 5.73 Å². The van der Waals surface area contributed by atoms with Crippen LogP contribution >= 0.6 is 15.9 Å². The van der Waals surface area contributed by atoms with Crippen LogP contribution in [0.1, 0.15) is 12.5 Å². The number of aliphatic hydroxyl groups is 3. The second kappa shape index (κ2) is 4.13. The molecule has 0 amide bonds. The standard InChI is InChI=1S/C12H14BrN5O3/c13-11-16-9(14)5-10(17-11)18(3-15-5)6-4-1-12(4,2-19)8(21)7(6)20/h3-4,6-8,19-21H,1-2H2,(H2,14,16,17)/t4-,6-,7?,8?,12+/m1/s1. The van der Waals surface area contributed by atoms with Crippen LogP contribution in [0.3, 0.4) is 0 Å². The molecule has 5 N–H and O–H groups in total. The number of nitrogen functional groups attached to an aromatic ring is 1. The minimum atomic E-state index is -0.969. The van der Waals surface area contributed by atoms with Crippen LogP contribution in [0.15, 0.2) is 11.1 Å². The van der Waals surface area contributed by atoms with E-state index in [1.807, 2.05) is 0 Å². The zero-order chi connectivity index (χ0) is 14.9. The SMILES string of the molecule is Nc1nc(Br)nc2c1ncn2[C@H]1C(O)C(O)[C@]2(CO)C[C@H]12. The number of aliphatic hydroxyl groups excluding tert-OH is 3. The third-order valence-corrected chi connectivity index (χ3v) is 5.24. The van der Waals surface area contributed by atoms with Crippen molar-refractivity contribution >= 4 is 32.9 Å². The summed E-state index contributed by atoms with van der Waals surface area (Å²) in [5.74, 6) is 0.253. The highest BCUT2D eigenvalue weighted by molar-refractivity contribution is 9.10. The second-order valence-electron chi connectivity index (χ2n) is 5.83. The third-order valence-electron chi connectivity index (χ3n) is 4.89. The number of aromatic nitrogens is 4. The molecule has 2 heterocycles. The smallest absolute Gasteiger partial charge is 0.200 e. The normalized spacial score (nSPS) is 37.9. The Morgan fingerprint density at radius 3 is 2.86 bits per heavy atom. The van der Waals surface area contributed by atoms with Crippen molar-refractivity contribution in [3.63, 3.8) is 0 Å². The van der Waals surface area contributed by atoms with E-state index in [0.717, 1.165) is 0 Å². The van der Waals surface area contributed by atoms with Gasteiger partial charge in [0.2, 0.25) is 4.73 Å². The summed E-state index contributed by atoms with van der Waals surface area (Å²) in [7, 11) is 0. The number of nitrogens with zero attached hydrogens (tertiary/aromatic N) is 4. The van der Waals surface area contributed by atoms with Crippen molar-refractivity contribution in [2.75, 3.05) is 12.3 Å². The van der Waals surface area contributed by atoms with E-state index in [2.05, 4.69) is 30.9 Å². The Balaban J connectivity index is 1.85. The fourth-order valence-electron chi connectivity index (χ4n) is 3.68. The highest BCUT2D eigenvalue weighted by atomic mass is 79.9. The predicted octanol–water partition coefficient (Wildman–Crippen LogP) is -0.554. The molecule has 2 aromatic heterocycles. The van der Waals surface area contributed by atoms with E-state index in [1.165, 1.54) is 0 Å². The molecule has 4 rings (SSSR count). The summed E-state index contributed by atoms with van der Waals surface area (Å²) in [6, 6.07) is -0.377. The number of hydrogen-bond donors (Lipinski definition) is 4. The number of hydrogen-bond acceptors (Lipinski definition) is 7. The Morgan fingerprint density at radius 1 is 1.43 bits per heavy atom. The molecule has 21 heavy (non-hydrogen) atoms. The molecule has 0 aliphatic heterocycles. The molecule has 2 fully saturated rings. The molecule has 8 nitrogen and oxygen atoms in total. The highest BCUT2D eigenvalue weighted by Crippen LogP contribution is 2.67. The monoisotopic (exact) mass is 355 g/mol. The van der Waals surface area contributed by atoms with Crippen molar-refractivity contribution in [1.82, 2.24) is 19.5 Å². The molecule has 9 heteroatoms. The summed E-state index contributed by atoms with van der Waals surface area (Å²) in [5, 5.41) is 30.0. The number of imidazole rings is 1. The van der Waals surface area contributed by atoms with Crippen LogP contribution in [0.4, 0.5) is 5.82 Å². The molecule has 2 aliphatic rings. The number of halogens is 1. The Labute approximate surface area is 127 Å². The fraction of sp³-hybridized carbons (Fsp3) is 0.583. The maximum atomic E-state index is 10.3. The third kappa shape index (κ3) is 1.57. The van der Waals surface area contributed by atoms with Gasteiger partial charge < -0.3 is 25.6 Å². The van der Waals surface area contributed by atoms with Crippen molar-refractivity contribution in [1.29, 1.82) is 0 Å². The van der Waals surface area contributed by atoms with E-state index >= 15 is 0 Å². The lowest BCUT2D eigenvalue weighted by Gasteiger charge is -2.23. The molecule has 0 saturated heterocycles. The number of anilines is 1. The lowest BCUT2D eigenvalue weighted by Crippen LogP contribution is -2.35. The largest absolute Gasteiger partial charge is 0.396 e. The van der Waals surface area contributed by atoms with Crippen LogP contribution in [-0.4, -0.2) is 53.7 Å². The van der Waals surface area contributed by atoms with Crippen LogP contribution in [0.2, 0.25) is 0 Å². The summed E-state index contributed by atoms with van der Waals surface area (Å²) in [5.41, 5.74) is 6.18. The lowest BCUT2D eigenvalue weighted by atomic mass is 10.0. The molecule has 0 spiro atoms. The van der Waals surface area contributed by atoms with Crippen LogP contribution in [0.5, 0.6) is 0 Å². The summed E-state index contributed by atoms with van der Waals surface area (Å²) in [6.45, 7) is -0.139. The molecule has 2 aromatic rings. The van der Waals surface area contributed by atoms with E-state index in [-0.39, 0.29) is 24.4 Å². The second-order valence-corrected chi connectivity index (χ2v) is 6.54. The molecule has 2 aliphatic carbocycles. The molecular weight excluding hydrogens is 342 g/mol. The zero-order valence-corrected chi connectivity index (χ0v) is 12.5. The minimum absolute atomic E-state index is 0.000125. The van der Waals surface area contributed by atoms with Crippen molar-refractivity contribution in [3.05, 3.63) is 11.1 Å². The van der Waals surface area contributed by atoms with E-state index < -0.39 is 17.6 Å². The molecule has 0 radical (unpaired) electrons. The first-order valence-electron chi connectivity index (χ1n) is 6.62. The first kappa shape index (κ1) is 13.4. The molecule has 2 saturated carbocycles. The van der Waals surface area contributed by atoms with Crippen LogP contribution in [0, 0.1) is 11.3 Å². The van der Waals surface area contributed by atoms with E-state index in [9.17, 15) is 15.3 Å². The Hall–Kier alpha value is -1.29. The van der Waals surface area contributed by atoms with Crippen molar-refractivity contribution < 1.29 is 15.3 Å². The Morgan fingerprint density at radius 2 is 2.19 bits per heavy atom. The summed E-state index contributed by atoms with van der Waals surface area (Å²) in [4.78, 5) is 12.5. The molecular formula is C12H14BrN5O3. The average Bonchev–Trinajstić information content (AvgIpc) is 2.97. The van der Waals surface area contributed by atoms with Gasteiger partial charge in [-0.15, -0.1) is 0 Å². The maximum absolute atomic E-state index is 10.3. The van der Waals surface area contributed by atoms with Gasteiger partial charge >= 0.3 is 0 Å². The van der Waals surface area contributed by atoms with Gasteiger partial charge in [-0.3, -0.25) is 0 Å². The molecule has 112 valence electrons. The molecule has 5 atom stereocenters. The topological polar surface area (TPSA) is 130 Å². The molecule has 2 unspecified atom stereocenters. The van der Waals surface area contributed by atoms with E-state index in [1.54, 1.807) is 10.9 Å². The van der Waals surface area contributed by atoms with Crippen molar-refractivity contribution in [2.24, 2.45) is 11.3 Å². The number of nitrogens with two attached hydrogens (primary N) is 1. The van der Waals surface area contributed by atoms with Crippen LogP contribution in [-0.2, 0) is 0 Å². The average molecular weight is 356 g/mol. The van der Waals surface area contributed by atoms with Gasteiger partial charge in [0.25, 0.3) is 0 Å². The van der Waals surface area contributed by atoms with Gasteiger partial charge in [-0.25, -0.2) is 15.0 Å². The quantitative estimate of drug-likeness (QED) is 0.531. The molecule has 0 bridgehead atoms. The van der Waals surface area contributed by atoms with Crippen LogP contribution < -0.4 is 5.73 Å². The van der Waals surface area contributed by atoms with Gasteiger partial charge in [0, 0.05) is 5.41 Å². The summed E-state index contributed by atoms with van der Waals surface area (Å²) < 4.78 is 2.06. The van der Waals surface area contributed by atoms with Gasteiger partial charge in [0.15, 0.2) is 11.5 Å². The van der Waals surface area contributed by atoms with Gasteiger partial charge in [-0.1, -0.05) is 0 Å². The first-order chi connectivity index (χ1) is 9.99. The van der Waals surface area contributed by atoms with E-state index in [0.29, 0.717) is 22.3 Å². The Bertz CT molecular complexity index is 737.